The summed E-state index contributed by atoms with van der Waals surface area (Å²) in [6.45, 7) is 0.206. The zero-order valence-corrected chi connectivity index (χ0v) is 19.1. The zero-order valence-electron chi connectivity index (χ0n) is 19.1. The lowest BCUT2D eigenvalue weighted by Crippen LogP contribution is -2.34. The van der Waals surface area contributed by atoms with Gasteiger partial charge >= 0.3 is 6.36 Å². The lowest BCUT2D eigenvalue weighted by molar-refractivity contribution is -0.274. The van der Waals surface area contributed by atoms with E-state index in [2.05, 4.69) is 20.5 Å². The predicted octanol–water partition coefficient (Wildman–Crippen LogP) is 4.49. The Kier molecular flexibility index (Phi) is 7.28. The Morgan fingerprint density at radius 3 is 2.46 bits per heavy atom. The maximum atomic E-state index is 12.9. The van der Waals surface area contributed by atoms with Crippen molar-refractivity contribution >= 4 is 17.5 Å². The van der Waals surface area contributed by atoms with Gasteiger partial charge < -0.3 is 20.2 Å². The van der Waals surface area contributed by atoms with Gasteiger partial charge in [0.15, 0.2) is 6.10 Å². The molecule has 1 unspecified atom stereocenters. The number of ether oxygens (including phenoxy) is 1. The molecule has 10 heteroatoms. The maximum absolute atomic E-state index is 12.9. The van der Waals surface area contributed by atoms with Gasteiger partial charge in [0.1, 0.15) is 5.75 Å². The standard InChI is InChI=1S/C25H26F3N3O4/c1-29-23(32)17-9-7-16(8-10-17)22-13-21(31-35-22)19-3-2-4-20(19)24(33)30-14-15-5-11-18(12-6-15)34-25(26,27)28/h5-12,19-20,22H,2-4,13-14H2,1H3,(H,29,32)(H,30,33)/t19-,20-,22?/m1/s1. The summed E-state index contributed by atoms with van der Waals surface area (Å²) in [5, 5.41) is 9.77. The van der Waals surface area contributed by atoms with Gasteiger partial charge in [0.2, 0.25) is 5.91 Å². The van der Waals surface area contributed by atoms with E-state index in [0.29, 0.717) is 17.5 Å². The third-order valence-corrected chi connectivity index (χ3v) is 6.37. The van der Waals surface area contributed by atoms with Gasteiger partial charge in [-0.15, -0.1) is 13.2 Å². The number of hydrogen-bond donors (Lipinski definition) is 2. The molecule has 1 aliphatic heterocycles. The maximum Gasteiger partial charge on any atom is 0.573 e. The van der Waals surface area contributed by atoms with E-state index in [0.717, 1.165) is 30.5 Å². The number of carbonyl (C=O) groups is 2. The van der Waals surface area contributed by atoms with Crippen LogP contribution in [0.15, 0.2) is 53.7 Å². The fraction of sp³-hybridized carbons (Fsp3) is 0.400. The fourth-order valence-corrected chi connectivity index (χ4v) is 4.59. The van der Waals surface area contributed by atoms with Crippen LogP contribution in [-0.2, 0) is 16.2 Å². The van der Waals surface area contributed by atoms with Crippen molar-refractivity contribution < 1.29 is 32.3 Å². The lowest BCUT2D eigenvalue weighted by atomic mass is 9.87. The number of hydrogen-bond acceptors (Lipinski definition) is 5. The van der Waals surface area contributed by atoms with Crippen LogP contribution < -0.4 is 15.4 Å². The highest BCUT2D eigenvalue weighted by atomic mass is 19.4. The summed E-state index contributed by atoms with van der Waals surface area (Å²) >= 11 is 0. The first-order valence-electron chi connectivity index (χ1n) is 11.4. The molecule has 2 N–H and O–H groups in total. The molecule has 1 saturated carbocycles. The summed E-state index contributed by atoms with van der Waals surface area (Å²) in [5.41, 5.74) is 3.00. The number of amides is 2. The third-order valence-electron chi connectivity index (χ3n) is 6.37. The summed E-state index contributed by atoms with van der Waals surface area (Å²) in [7, 11) is 1.58. The molecule has 7 nitrogen and oxygen atoms in total. The molecule has 3 atom stereocenters. The minimum Gasteiger partial charge on any atom is -0.406 e. The summed E-state index contributed by atoms with van der Waals surface area (Å²) in [5.74, 6) is -0.830. The molecule has 1 fully saturated rings. The second-order valence-corrected chi connectivity index (χ2v) is 8.64. The molecule has 0 bridgehead atoms. The molecule has 2 amide bonds. The molecule has 4 rings (SSSR count). The smallest absolute Gasteiger partial charge is 0.406 e. The van der Waals surface area contributed by atoms with Gasteiger partial charge in [-0.05, 0) is 48.2 Å². The Morgan fingerprint density at radius 2 is 1.80 bits per heavy atom. The minimum atomic E-state index is -4.74. The average Bonchev–Trinajstić information content (AvgIpc) is 3.52. The van der Waals surface area contributed by atoms with E-state index < -0.39 is 6.36 Å². The quantitative estimate of drug-likeness (QED) is 0.600. The number of oxime groups is 1. The van der Waals surface area contributed by atoms with Crippen molar-refractivity contribution in [2.24, 2.45) is 17.0 Å². The van der Waals surface area contributed by atoms with E-state index in [1.807, 2.05) is 12.1 Å². The van der Waals surface area contributed by atoms with Gasteiger partial charge in [0.25, 0.3) is 5.91 Å². The van der Waals surface area contributed by atoms with Crippen LogP contribution in [0.4, 0.5) is 13.2 Å². The van der Waals surface area contributed by atoms with Crippen LogP contribution in [0, 0.1) is 11.8 Å². The highest BCUT2D eigenvalue weighted by Crippen LogP contribution is 2.39. The van der Waals surface area contributed by atoms with Gasteiger partial charge in [0, 0.05) is 37.4 Å². The van der Waals surface area contributed by atoms with Gasteiger partial charge in [-0.2, -0.15) is 0 Å². The third kappa shape index (κ3) is 6.12. The normalized spacial score (nSPS) is 21.7. The number of benzene rings is 2. The summed E-state index contributed by atoms with van der Waals surface area (Å²) in [4.78, 5) is 30.3. The summed E-state index contributed by atoms with van der Waals surface area (Å²) < 4.78 is 40.8. The zero-order chi connectivity index (χ0) is 25.0. The first-order chi connectivity index (χ1) is 16.7. The molecular formula is C25H26F3N3O4. The van der Waals surface area contributed by atoms with Crippen LogP contribution in [0.1, 0.15) is 53.3 Å². The van der Waals surface area contributed by atoms with Crippen molar-refractivity contribution in [1.29, 1.82) is 0 Å². The minimum absolute atomic E-state index is 0.0206. The molecule has 1 aliphatic carbocycles. The van der Waals surface area contributed by atoms with Crippen LogP contribution in [-0.4, -0.2) is 30.9 Å². The lowest BCUT2D eigenvalue weighted by Gasteiger charge is -2.19. The van der Waals surface area contributed by atoms with Crippen molar-refractivity contribution in [2.45, 2.75) is 44.7 Å². The number of halogens is 3. The van der Waals surface area contributed by atoms with Crippen molar-refractivity contribution in [3.8, 4) is 5.75 Å². The van der Waals surface area contributed by atoms with Gasteiger partial charge in [-0.1, -0.05) is 35.8 Å². The number of nitrogens with zero attached hydrogens (tertiary/aromatic N) is 1. The Bertz CT molecular complexity index is 1080. The van der Waals surface area contributed by atoms with Crippen LogP contribution in [0.5, 0.6) is 5.75 Å². The topological polar surface area (TPSA) is 89.0 Å². The number of alkyl halides is 3. The number of carbonyl (C=O) groups excluding carboxylic acids is 2. The van der Waals surface area contributed by atoms with Gasteiger partial charge in [-0.3, -0.25) is 9.59 Å². The van der Waals surface area contributed by atoms with Crippen LogP contribution >= 0.6 is 0 Å². The van der Waals surface area contributed by atoms with Crippen molar-refractivity contribution in [3.63, 3.8) is 0 Å². The van der Waals surface area contributed by atoms with Crippen LogP contribution in [0.25, 0.3) is 0 Å². The molecule has 2 aromatic rings. The highest BCUT2D eigenvalue weighted by Gasteiger charge is 2.39. The molecule has 0 saturated heterocycles. The van der Waals surface area contributed by atoms with E-state index in [1.165, 1.54) is 24.3 Å². The molecule has 0 aromatic heterocycles. The molecular weight excluding hydrogens is 463 g/mol. The van der Waals surface area contributed by atoms with Crippen molar-refractivity contribution in [3.05, 3.63) is 65.2 Å². The molecule has 186 valence electrons. The van der Waals surface area contributed by atoms with E-state index in [-0.39, 0.29) is 42.0 Å². The Morgan fingerprint density at radius 1 is 1.09 bits per heavy atom. The van der Waals surface area contributed by atoms with E-state index in [1.54, 1.807) is 19.2 Å². The molecule has 2 aliphatic rings. The first kappa shape index (κ1) is 24.6. The van der Waals surface area contributed by atoms with Crippen molar-refractivity contribution in [1.82, 2.24) is 10.6 Å². The monoisotopic (exact) mass is 489 g/mol. The van der Waals surface area contributed by atoms with Crippen molar-refractivity contribution in [2.75, 3.05) is 7.05 Å². The molecule has 0 spiro atoms. The highest BCUT2D eigenvalue weighted by molar-refractivity contribution is 5.94. The Hall–Kier alpha value is -3.56. The molecule has 2 aromatic carbocycles. The van der Waals surface area contributed by atoms with E-state index in [9.17, 15) is 22.8 Å². The predicted molar refractivity (Wildman–Crippen MR) is 122 cm³/mol. The first-order valence-corrected chi connectivity index (χ1v) is 11.4. The SMILES string of the molecule is CNC(=O)c1ccc(C2CC([C@@H]3CCC[C@H]3C(=O)NCc3ccc(OC(F)(F)F)cc3)=NO2)cc1. The van der Waals surface area contributed by atoms with Crippen LogP contribution in [0.3, 0.4) is 0 Å². The molecule has 0 radical (unpaired) electrons. The molecule has 1 heterocycles. The summed E-state index contributed by atoms with van der Waals surface area (Å²) in [6.07, 6.45) is -1.95. The van der Waals surface area contributed by atoms with E-state index >= 15 is 0 Å². The van der Waals surface area contributed by atoms with Gasteiger partial charge in [0.05, 0.1) is 5.71 Å². The molecule has 35 heavy (non-hydrogen) atoms. The van der Waals surface area contributed by atoms with Gasteiger partial charge in [-0.25, -0.2) is 0 Å². The Labute approximate surface area is 200 Å². The van der Waals surface area contributed by atoms with E-state index in [4.69, 9.17) is 4.84 Å². The number of nitrogens with one attached hydrogen (secondary N) is 2. The number of rotatable bonds is 7. The average molecular weight is 489 g/mol. The largest absolute Gasteiger partial charge is 0.573 e. The fourth-order valence-electron chi connectivity index (χ4n) is 4.59. The Balaban J connectivity index is 1.31. The second-order valence-electron chi connectivity index (χ2n) is 8.64. The second kappa shape index (κ2) is 10.4. The summed E-state index contributed by atoms with van der Waals surface area (Å²) in [6, 6.07) is 12.6. The van der Waals surface area contributed by atoms with Crippen LogP contribution in [0.2, 0.25) is 0 Å².